The van der Waals surface area contributed by atoms with Gasteiger partial charge in [-0.25, -0.2) is 24.3 Å². The van der Waals surface area contributed by atoms with E-state index < -0.39 is 5.82 Å². The van der Waals surface area contributed by atoms with Crippen molar-refractivity contribution in [1.29, 1.82) is 0 Å². The molecule has 0 radical (unpaired) electrons. The van der Waals surface area contributed by atoms with E-state index in [0.29, 0.717) is 36.8 Å². The highest BCUT2D eigenvalue weighted by atomic mass is 19.1. The number of imidazole rings is 1. The van der Waals surface area contributed by atoms with Crippen LogP contribution in [0.25, 0.3) is 11.4 Å². The van der Waals surface area contributed by atoms with Crippen molar-refractivity contribution in [2.24, 2.45) is 0 Å². The molecule has 0 spiro atoms. The molecule has 2 aliphatic rings. The van der Waals surface area contributed by atoms with Crippen molar-refractivity contribution in [3.05, 3.63) is 48.1 Å². The van der Waals surface area contributed by atoms with Crippen LogP contribution in [0.4, 0.5) is 16.0 Å². The number of carbonyl (C=O) groups is 1. The standard InChI is InChI=1S/C24H29FN8O2/c1-15-11-16(5-10-35-15)22-27-14-20(30-22)21-18(25)13-28-24(31-21)29-17-3-4-19(26-12-17)23(34)33-8-6-32(2)7-9-33/h3-4,12-16H,5-11H2,1-2H3,(H,27,30)(H,28,29,31). The number of nitrogens with one attached hydrogen (secondary N) is 2. The van der Waals surface area contributed by atoms with Gasteiger partial charge in [-0.15, -0.1) is 0 Å². The molecule has 3 aromatic heterocycles. The van der Waals surface area contributed by atoms with E-state index >= 15 is 0 Å². The summed E-state index contributed by atoms with van der Waals surface area (Å²) in [7, 11) is 2.04. The quantitative estimate of drug-likeness (QED) is 0.573. The Bertz CT molecular complexity index is 1180. The zero-order valence-corrected chi connectivity index (χ0v) is 19.9. The number of aromatic nitrogens is 5. The fraction of sp³-hybridized carbons (Fsp3) is 0.458. The Morgan fingerprint density at radius 2 is 1.97 bits per heavy atom. The number of likely N-dealkylation sites (N-methyl/N-ethyl adjacent to an activating group) is 1. The number of pyridine rings is 1. The molecule has 2 N–H and O–H groups in total. The molecule has 0 aromatic carbocycles. The van der Waals surface area contributed by atoms with E-state index in [1.807, 2.05) is 18.9 Å². The third kappa shape index (κ3) is 5.30. The van der Waals surface area contributed by atoms with Crippen LogP contribution in [0.5, 0.6) is 0 Å². The number of nitrogens with zero attached hydrogens (tertiary/aromatic N) is 6. The van der Waals surface area contributed by atoms with Gasteiger partial charge >= 0.3 is 0 Å². The minimum atomic E-state index is -0.544. The summed E-state index contributed by atoms with van der Waals surface area (Å²) in [5.74, 6) is 0.647. The maximum absolute atomic E-state index is 14.6. The van der Waals surface area contributed by atoms with E-state index in [0.717, 1.165) is 38.0 Å². The van der Waals surface area contributed by atoms with Crippen molar-refractivity contribution in [1.82, 2.24) is 34.7 Å². The Kier molecular flexibility index (Phi) is 6.69. The summed E-state index contributed by atoms with van der Waals surface area (Å²) in [6.45, 7) is 5.80. The molecule has 2 saturated heterocycles. The first kappa shape index (κ1) is 23.3. The number of hydrogen-bond acceptors (Lipinski definition) is 8. The van der Waals surface area contributed by atoms with Crippen molar-refractivity contribution in [2.75, 3.05) is 45.2 Å². The van der Waals surface area contributed by atoms with Crippen LogP contribution in [0, 0.1) is 5.82 Å². The van der Waals surface area contributed by atoms with E-state index in [4.69, 9.17) is 4.74 Å². The molecule has 35 heavy (non-hydrogen) atoms. The van der Waals surface area contributed by atoms with Gasteiger partial charge < -0.3 is 24.8 Å². The number of amides is 1. The maximum atomic E-state index is 14.6. The molecule has 3 aromatic rings. The Morgan fingerprint density at radius 3 is 2.71 bits per heavy atom. The van der Waals surface area contributed by atoms with Crippen molar-refractivity contribution < 1.29 is 13.9 Å². The normalized spacial score (nSPS) is 21.2. The van der Waals surface area contributed by atoms with Crippen LogP contribution in [0.3, 0.4) is 0 Å². The number of anilines is 2. The predicted octanol–water partition coefficient (Wildman–Crippen LogP) is 2.81. The number of H-pyrrole nitrogens is 1. The van der Waals surface area contributed by atoms with Crippen molar-refractivity contribution in [2.45, 2.75) is 31.8 Å². The second-order valence-electron chi connectivity index (χ2n) is 9.13. The molecule has 2 atom stereocenters. The van der Waals surface area contributed by atoms with E-state index in [-0.39, 0.29) is 29.6 Å². The summed E-state index contributed by atoms with van der Waals surface area (Å²) in [6.07, 6.45) is 6.19. The molecular formula is C24H29FN8O2. The second kappa shape index (κ2) is 10.0. The highest BCUT2D eigenvalue weighted by Gasteiger charge is 2.24. The van der Waals surface area contributed by atoms with E-state index in [1.54, 1.807) is 24.5 Å². The third-order valence-electron chi connectivity index (χ3n) is 6.50. The van der Waals surface area contributed by atoms with Crippen LogP contribution in [0.1, 0.15) is 42.0 Å². The van der Waals surface area contributed by atoms with Crippen molar-refractivity contribution in [3.63, 3.8) is 0 Å². The largest absolute Gasteiger partial charge is 0.378 e. The number of hydrogen-bond donors (Lipinski definition) is 2. The summed E-state index contributed by atoms with van der Waals surface area (Å²) >= 11 is 0. The summed E-state index contributed by atoms with van der Waals surface area (Å²) in [4.78, 5) is 37.1. The minimum absolute atomic E-state index is 0.0843. The lowest BCUT2D eigenvalue weighted by molar-refractivity contribution is 0.0174. The van der Waals surface area contributed by atoms with Crippen LogP contribution in [-0.2, 0) is 4.74 Å². The predicted molar refractivity (Wildman–Crippen MR) is 128 cm³/mol. The highest BCUT2D eigenvalue weighted by Crippen LogP contribution is 2.30. The van der Waals surface area contributed by atoms with Crippen LogP contribution >= 0.6 is 0 Å². The summed E-state index contributed by atoms with van der Waals surface area (Å²) in [6, 6.07) is 3.41. The summed E-state index contributed by atoms with van der Waals surface area (Å²) in [5.41, 5.74) is 1.61. The fourth-order valence-corrected chi connectivity index (χ4v) is 4.42. The van der Waals surface area contributed by atoms with Gasteiger partial charge in [0.25, 0.3) is 5.91 Å². The van der Waals surface area contributed by atoms with Gasteiger partial charge in [-0.2, -0.15) is 0 Å². The van der Waals surface area contributed by atoms with Gasteiger partial charge in [0.2, 0.25) is 5.95 Å². The zero-order valence-electron chi connectivity index (χ0n) is 19.9. The molecule has 5 rings (SSSR count). The van der Waals surface area contributed by atoms with Gasteiger partial charge in [0, 0.05) is 38.7 Å². The Morgan fingerprint density at radius 1 is 1.14 bits per heavy atom. The average Bonchev–Trinajstić information content (AvgIpc) is 3.36. The first-order valence-corrected chi connectivity index (χ1v) is 11.9. The Labute approximate surface area is 203 Å². The molecule has 0 aliphatic carbocycles. The van der Waals surface area contributed by atoms with Gasteiger partial charge in [-0.05, 0) is 38.9 Å². The lowest BCUT2D eigenvalue weighted by Crippen LogP contribution is -2.47. The molecule has 11 heteroatoms. The van der Waals surface area contributed by atoms with Crippen LogP contribution in [0.15, 0.2) is 30.7 Å². The maximum Gasteiger partial charge on any atom is 0.272 e. The van der Waals surface area contributed by atoms with E-state index in [1.165, 1.54) is 0 Å². The van der Waals surface area contributed by atoms with Crippen molar-refractivity contribution >= 4 is 17.5 Å². The molecule has 2 fully saturated rings. The van der Waals surface area contributed by atoms with Crippen LogP contribution < -0.4 is 5.32 Å². The van der Waals surface area contributed by atoms with Crippen molar-refractivity contribution in [3.8, 4) is 11.4 Å². The van der Waals surface area contributed by atoms with Gasteiger partial charge in [0.15, 0.2) is 5.82 Å². The lowest BCUT2D eigenvalue weighted by atomic mass is 9.96. The van der Waals surface area contributed by atoms with Crippen LogP contribution in [0.2, 0.25) is 0 Å². The number of aromatic amines is 1. The number of carbonyl (C=O) groups excluding carboxylic acids is 1. The molecule has 2 unspecified atom stereocenters. The lowest BCUT2D eigenvalue weighted by Gasteiger charge is -2.32. The van der Waals surface area contributed by atoms with Gasteiger partial charge in [0.1, 0.15) is 17.2 Å². The minimum Gasteiger partial charge on any atom is -0.378 e. The highest BCUT2D eigenvalue weighted by molar-refractivity contribution is 5.92. The van der Waals surface area contributed by atoms with Gasteiger partial charge in [-0.1, -0.05) is 0 Å². The second-order valence-corrected chi connectivity index (χ2v) is 9.13. The molecule has 184 valence electrons. The van der Waals surface area contributed by atoms with Gasteiger partial charge in [0.05, 0.1) is 36.1 Å². The first-order valence-electron chi connectivity index (χ1n) is 11.9. The van der Waals surface area contributed by atoms with Crippen LogP contribution in [-0.4, -0.2) is 86.6 Å². The number of rotatable bonds is 5. The molecule has 0 bridgehead atoms. The Balaban J connectivity index is 1.27. The SMILES string of the molecule is CC1CC(c2ncc(-c3nc(Nc4ccc(C(=O)N5CCN(C)CC5)nc4)ncc3F)[nH]2)CCO1. The van der Waals surface area contributed by atoms with E-state index in [2.05, 4.69) is 35.1 Å². The molecule has 2 aliphatic heterocycles. The number of ether oxygens (including phenoxy) is 1. The molecule has 1 amide bonds. The van der Waals surface area contributed by atoms with E-state index in [9.17, 15) is 9.18 Å². The molecule has 5 heterocycles. The zero-order chi connectivity index (χ0) is 24.4. The number of halogens is 1. The average molecular weight is 481 g/mol. The third-order valence-corrected chi connectivity index (χ3v) is 6.50. The monoisotopic (exact) mass is 480 g/mol. The molecule has 0 saturated carbocycles. The molecular weight excluding hydrogens is 451 g/mol. The topological polar surface area (TPSA) is 112 Å². The first-order chi connectivity index (χ1) is 17.0. The fourth-order valence-electron chi connectivity index (χ4n) is 4.42. The number of piperazine rings is 1. The van der Waals surface area contributed by atoms with Gasteiger partial charge in [-0.3, -0.25) is 4.79 Å². The molecule has 10 nitrogen and oxygen atoms in total. The summed E-state index contributed by atoms with van der Waals surface area (Å²) in [5, 5.41) is 3.03. The summed E-state index contributed by atoms with van der Waals surface area (Å²) < 4.78 is 20.2. The Hall–Kier alpha value is -3.44. The smallest absolute Gasteiger partial charge is 0.272 e.